The molecule has 0 saturated heterocycles. The second-order valence-electron chi connectivity index (χ2n) is 5.17. The summed E-state index contributed by atoms with van der Waals surface area (Å²) >= 11 is 5.85. The average molecular weight is 311 g/mol. The first-order valence-corrected chi connectivity index (χ1v) is 7.36. The van der Waals surface area contributed by atoms with Gasteiger partial charge in [-0.25, -0.2) is 4.98 Å². The average Bonchev–Trinajstić information content (AvgIpc) is 2.54. The first-order valence-electron chi connectivity index (χ1n) is 6.99. The molecule has 3 nitrogen and oxygen atoms in total. The van der Waals surface area contributed by atoms with E-state index in [1.165, 1.54) is 5.39 Å². The fourth-order valence-corrected chi connectivity index (χ4v) is 2.69. The molecule has 0 unspecified atom stereocenters. The van der Waals surface area contributed by atoms with Gasteiger partial charge in [0.25, 0.3) is 5.91 Å². The molecule has 0 aliphatic carbocycles. The van der Waals surface area contributed by atoms with Crippen LogP contribution in [0.25, 0.3) is 10.8 Å². The van der Waals surface area contributed by atoms with E-state index in [1.54, 1.807) is 30.3 Å². The Morgan fingerprint density at radius 3 is 2.73 bits per heavy atom. The van der Waals surface area contributed by atoms with Crippen LogP contribution in [0, 0.1) is 0 Å². The lowest BCUT2D eigenvalue weighted by Crippen LogP contribution is -2.26. The van der Waals surface area contributed by atoms with Crippen LogP contribution in [0.1, 0.15) is 15.9 Å². The number of fused-ring (bicyclic) bond motifs is 1. The Labute approximate surface area is 134 Å². The summed E-state index contributed by atoms with van der Waals surface area (Å²) in [6, 6.07) is 17.6. The molecule has 0 atom stereocenters. The molecule has 0 aliphatic heterocycles. The minimum atomic E-state index is -0.0720. The van der Waals surface area contributed by atoms with Gasteiger partial charge in [0.2, 0.25) is 0 Å². The van der Waals surface area contributed by atoms with E-state index >= 15 is 0 Å². The van der Waals surface area contributed by atoms with E-state index in [0.29, 0.717) is 17.3 Å². The lowest BCUT2D eigenvalue weighted by Gasteiger charge is -2.18. The van der Waals surface area contributed by atoms with E-state index < -0.39 is 0 Å². The van der Waals surface area contributed by atoms with Crippen molar-refractivity contribution in [1.29, 1.82) is 0 Å². The van der Waals surface area contributed by atoms with Gasteiger partial charge in [0.05, 0.1) is 0 Å². The van der Waals surface area contributed by atoms with Crippen molar-refractivity contribution in [3.05, 3.63) is 77.1 Å². The summed E-state index contributed by atoms with van der Waals surface area (Å²) in [5, 5.41) is 2.66. The van der Waals surface area contributed by atoms with Crippen LogP contribution in [0.2, 0.25) is 5.15 Å². The molecule has 1 heterocycles. The number of amides is 1. The highest BCUT2D eigenvalue weighted by molar-refractivity contribution is 6.29. The third-order valence-corrected chi connectivity index (χ3v) is 3.81. The van der Waals surface area contributed by atoms with Gasteiger partial charge in [-0.15, -0.1) is 0 Å². The second kappa shape index (κ2) is 6.16. The Hall–Kier alpha value is -2.39. The zero-order valence-electron chi connectivity index (χ0n) is 12.2. The SMILES string of the molecule is CN(Cc1cccc2ccccc12)C(=O)c1ccnc(Cl)c1. The fraction of sp³-hybridized carbons (Fsp3) is 0.111. The number of carbonyl (C=O) groups is 1. The third kappa shape index (κ3) is 2.95. The van der Waals surface area contributed by atoms with E-state index in [9.17, 15) is 4.79 Å². The van der Waals surface area contributed by atoms with Crippen LogP contribution < -0.4 is 0 Å². The van der Waals surface area contributed by atoms with Crippen LogP contribution in [-0.4, -0.2) is 22.8 Å². The summed E-state index contributed by atoms with van der Waals surface area (Å²) in [6.45, 7) is 0.542. The van der Waals surface area contributed by atoms with Gasteiger partial charge in [0.15, 0.2) is 0 Å². The Morgan fingerprint density at radius 2 is 1.91 bits per heavy atom. The van der Waals surface area contributed by atoms with Gasteiger partial charge >= 0.3 is 0 Å². The molecular formula is C18H15ClN2O. The molecule has 110 valence electrons. The molecule has 0 radical (unpaired) electrons. The van der Waals surface area contributed by atoms with Crippen molar-refractivity contribution in [2.24, 2.45) is 0 Å². The van der Waals surface area contributed by atoms with Gasteiger partial charge in [0, 0.05) is 25.4 Å². The minimum absolute atomic E-state index is 0.0720. The standard InChI is InChI=1S/C18H15ClN2O/c1-21(18(22)14-9-10-20-17(19)11-14)12-15-7-4-6-13-5-2-3-8-16(13)15/h2-11H,12H2,1H3. The largest absolute Gasteiger partial charge is 0.337 e. The van der Waals surface area contributed by atoms with Gasteiger partial charge < -0.3 is 4.90 Å². The molecular weight excluding hydrogens is 296 g/mol. The number of aromatic nitrogens is 1. The van der Waals surface area contributed by atoms with Gasteiger partial charge in [-0.3, -0.25) is 4.79 Å². The maximum atomic E-state index is 12.5. The van der Waals surface area contributed by atoms with E-state index in [0.717, 1.165) is 10.9 Å². The number of halogens is 1. The van der Waals surface area contributed by atoms with Gasteiger partial charge in [-0.2, -0.15) is 0 Å². The maximum Gasteiger partial charge on any atom is 0.254 e. The molecule has 0 spiro atoms. The Kier molecular flexibility index (Phi) is 4.07. The smallest absolute Gasteiger partial charge is 0.254 e. The zero-order chi connectivity index (χ0) is 15.5. The molecule has 4 heteroatoms. The lowest BCUT2D eigenvalue weighted by molar-refractivity contribution is 0.0785. The molecule has 0 aliphatic rings. The van der Waals surface area contributed by atoms with Crippen LogP contribution in [0.4, 0.5) is 0 Å². The molecule has 3 rings (SSSR count). The van der Waals surface area contributed by atoms with E-state index in [4.69, 9.17) is 11.6 Å². The number of pyridine rings is 1. The first-order chi connectivity index (χ1) is 10.6. The summed E-state index contributed by atoms with van der Waals surface area (Å²) in [5.41, 5.74) is 1.66. The van der Waals surface area contributed by atoms with E-state index in [1.807, 2.05) is 24.3 Å². The van der Waals surface area contributed by atoms with Crippen molar-refractivity contribution < 1.29 is 4.79 Å². The highest BCUT2D eigenvalue weighted by atomic mass is 35.5. The van der Waals surface area contributed by atoms with Crippen LogP contribution in [0.5, 0.6) is 0 Å². The van der Waals surface area contributed by atoms with Crippen LogP contribution in [0.3, 0.4) is 0 Å². The van der Waals surface area contributed by atoms with Crippen LogP contribution in [-0.2, 0) is 6.54 Å². The van der Waals surface area contributed by atoms with Crippen molar-refractivity contribution in [2.75, 3.05) is 7.05 Å². The molecule has 1 aromatic heterocycles. The summed E-state index contributed by atoms with van der Waals surface area (Å²) < 4.78 is 0. The van der Waals surface area contributed by atoms with Crippen molar-refractivity contribution in [1.82, 2.24) is 9.88 Å². The number of carbonyl (C=O) groups excluding carboxylic acids is 1. The zero-order valence-corrected chi connectivity index (χ0v) is 12.9. The Bertz CT molecular complexity index is 827. The van der Waals surface area contributed by atoms with Crippen molar-refractivity contribution in [3.63, 3.8) is 0 Å². The summed E-state index contributed by atoms with van der Waals surface area (Å²) in [5.74, 6) is -0.0720. The van der Waals surface area contributed by atoms with Crippen molar-refractivity contribution in [2.45, 2.75) is 6.54 Å². The van der Waals surface area contributed by atoms with Crippen LogP contribution >= 0.6 is 11.6 Å². The molecule has 0 bridgehead atoms. The minimum Gasteiger partial charge on any atom is -0.337 e. The first kappa shape index (κ1) is 14.5. The lowest BCUT2D eigenvalue weighted by atomic mass is 10.0. The van der Waals surface area contributed by atoms with Gasteiger partial charge in [-0.05, 0) is 28.5 Å². The summed E-state index contributed by atoms with van der Waals surface area (Å²) in [6.07, 6.45) is 1.54. The Morgan fingerprint density at radius 1 is 1.14 bits per heavy atom. The second-order valence-corrected chi connectivity index (χ2v) is 5.55. The molecule has 2 aromatic carbocycles. The number of hydrogen-bond acceptors (Lipinski definition) is 2. The maximum absolute atomic E-state index is 12.5. The van der Waals surface area contributed by atoms with E-state index in [2.05, 4.69) is 23.2 Å². The molecule has 1 amide bonds. The number of hydrogen-bond donors (Lipinski definition) is 0. The fourth-order valence-electron chi connectivity index (χ4n) is 2.51. The van der Waals surface area contributed by atoms with Crippen LogP contribution in [0.15, 0.2) is 60.8 Å². The van der Waals surface area contributed by atoms with Crippen molar-refractivity contribution >= 4 is 28.3 Å². The number of benzene rings is 2. The third-order valence-electron chi connectivity index (χ3n) is 3.61. The van der Waals surface area contributed by atoms with Gasteiger partial charge in [0.1, 0.15) is 5.15 Å². The number of rotatable bonds is 3. The topological polar surface area (TPSA) is 33.2 Å². The predicted molar refractivity (Wildman–Crippen MR) is 89.0 cm³/mol. The Balaban J connectivity index is 1.87. The molecule has 0 saturated carbocycles. The molecule has 0 N–H and O–H groups in total. The van der Waals surface area contributed by atoms with E-state index in [-0.39, 0.29) is 5.91 Å². The number of nitrogens with zero attached hydrogens (tertiary/aromatic N) is 2. The monoisotopic (exact) mass is 310 g/mol. The van der Waals surface area contributed by atoms with Gasteiger partial charge in [-0.1, -0.05) is 54.1 Å². The predicted octanol–water partition coefficient (Wildman–Crippen LogP) is 4.16. The summed E-state index contributed by atoms with van der Waals surface area (Å²) in [4.78, 5) is 18.1. The normalized spacial score (nSPS) is 10.6. The van der Waals surface area contributed by atoms with Crippen molar-refractivity contribution in [3.8, 4) is 0 Å². The molecule has 22 heavy (non-hydrogen) atoms. The summed E-state index contributed by atoms with van der Waals surface area (Å²) in [7, 11) is 1.79. The quantitative estimate of drug-likeness (QED) is 0.681. The molecule has 3 aromatic rings. The highest BCUT2D eigenvalue weighted by Gasteiger charge is 2.13. The highest BCUT2D eigenvalue weighted by Crippen LogP contribution is 2.20. The molecule has 0 fully saturated rings.